The Morgan fingerprint density at radius 3 is 1.13 bits per heavy atom. The molecule has 3 unspecified atom stereocenters. The van der Waals surface area contributed by atoms with E-state index in [0.717, 1.165) is 70.6 Å². The van der Waals surface area contributed by atoms with Crippen LogP contribution in [-0.4, -0.2) is 167 Å². The van der Waals surface area contributed by atoms with Gasteiger partial charge in [-0.05, 0) is 249 Å². The van der Waals surface area contributed by atoms with Gasteiger partial charge in [-0.25, -0.2) is 27.6 Å². The minimum absolute atomic E-state index is 0. The fourth-order valence-electron chi connectivity index (χ4n) is 11.7. The predicted octanol–water partition coefficient (Wildman–Crippen LogP) is 9.22. The maximum absolute atomic E-state index is 12.3. The van der Waals surface area contributed by atoms with Crippen molar-refractivity contribution in [3.05, 3.63) is 141 Å². The quantitative estimate of drug-likeness (QED) is 0.0115. The minimum Gasteiger partial charge on any atom is -0.726 e. The summed E-state index contributed by atoms with van der Waals surface area (Å²) in [5.41, 5.74) is 15.3. The van der Waals surface area contributed by atoms with Crippen LogP contribution in [0.15, 0.2) is 108 Å². The number of allylic oxidation sites excluding steroid dienone is 3. The topological polar surface area (TPSA) is 461 Å². The van der Waals surface area contributed by atoms with Crippen LogP contribution in [0.3, 0.4) is 0 Å². The molecule has 8 amide bonds. The van der Waals surface area contributed by atoms with Gasteiger partial charge in [0.2, 0.25) is 10.4 Å². The van der Waals surface area contributed by atoms with Gasteiger partial charge < -0.3 is 55.2 Å². The molecule has 3 aromatic rings. The van der Waals surface area contributed by atoms with E-state index in [1.807, 2.05) is 34.6 Å². The van der Waals surface area contributed by atoms with Crippen molar-refractivity contribution < 1.29 is 151 Å². The molecule has 3 aliphatic heterocycles. The molecular formula is C77H117KN8O21S3. The van der Waals surface area contributed by atoms with Crippen molar-refractivity contribution in [2.75, 3.05) is 6.61 Å². The van der Waals surface area contributed by atoms with Gasteiger partial charge in [0.1, 0.15) is 16.8 Å². The molecule has 8 aliphatic rings. The monoisotopic (exact) mass is 1620 g/mol. The van der Waals surface area contributed by atoms with Crippen LogP contribution >= 0.6 is 27.0 Å². The number of rotatable bonds is 4. The van der Waals surface area contributed by atoms with E-state index in [2.05, 4.69) is 65.5 Å². The number of nitrogens with two attached hydrogens (primary N) is 4. The van der Waals surface area contributed by atoms with Gasteiger partial charge in [-0.15, -0.1) is 0 Å². The van der Waals surface area contributed by atoms with E-state index in [0.29, 0.717) is 64.9 Å². The third kappa shape index (κ3) is 37.1. The van der Waals surface area contributed by atoms with Crippen LogP contribution in [0.25, 0.3) is 0 Å². The number of hydrogen-bond donors (Lipinski definition) is 8. The molecule has 110 heavy (non-hydrogen) atoms. The largest absolute Gasteiger partial charge is 1.00 e. The summed E-state index contributed by atoms with van der Waals surface area (Å²) in [5.74, 6) is 6.11. The van der Waals surface area contributed by atoms with E-state index in [1.54, 1.807) is 109 Å². The standard InChI is InChI=1S/C15H17NO3.C15H15NO2.C12H21NO2.C11H9NO4.C10H18O5.C7H15NO.C7H13N.K.H4N2.H2O4S.2H2S/c1-15(19)8-6-10(7-9-15)16-13(17)11-4-2-3-5-12(11)14(16)18;1-10-6-8-11(9-7-10)16-14(17)12-4-2-3-5-13(12)15(16)18;1-9-5-7-10(8-6-9)13-11(14)15-12(2,3)4;1-2-16-11(15)12-9(13)7-5-3-4-6-8(7)10(12)14;1-9(2,3)14-7(11)13-8(12)15-10(4,5)6;1-7(9)4-2-6(8)3-5-7;1-6-2-4-7(8)5-3-6;;1-2;1-5(2,3)4;;/h2-5,10,19H,6-9H2,1H3;2-6,11H,7-9H2,1H3;5,10H,6-8H2,1-4H3,(H,13,14);3-6H,2H2,1H3;1-6H3;6,9H,2-5,8H2,1H3;2,7H,3-5,8H2,1H3;;1-2H2;(H2,1,2,3,4);2*1H2/q;;;;;;;+1;;;;/p-1. The smallest absolute Gasteiger partial charge is 0.726 e. The molecular weight excluding hydrogens is 1510 g/mol. The number of nitrogens with zero attached hydrogens (tertiary/aromatic N) is 3. The van der Waals surface area contributed by atoms with Gasteiger partial charge in [0.05, 0.1) is 51.2 Å². The summed E-state index contributed by atoms with van der Waals surface area (Å²) in [6.07, 6.45) is 18.7. The zero-order chi connectivity index (χ0) is 81.2. The molecule has 0 radical (unpaired) electrons. The zero-order valence-electron chi connectivity index (χ0n) is 66.5. The summed E-state index contributed by atoms with van der Waals surface area (Å²) in [6, 6.07) is 21.3. The molecule has 3 aromatic carbocycles. The van der Waals surface area contributed by atoms with Gasteiger partial charge >= 0.3 is 75.9 Å². The third-order valence-corrected chi connectivity index (χ3v) is 17.4. The number of alkyl carbamates (subject to hydrolysis) is 1. The first-order valence-corrected chi connectivity index (χ1v) is 37.1. The third-order valence-electron chi connectivity index (χ3n) is 17.4. The van der Waals surface area contributed by atoms with Crippen molar-refractivity contribution in [3.63, 3.8) is 0 Å². The number of carbonyl (C=O) groups is 10. The van der Waals surface area contributed by atoms with Crippen molar-refractivity contribution in [2.24, 2.45) is 23.2 Å². The Kier molecular flexibility index (Phi) is 44.7. The summed E-state index contributed by atoms with van der Waals surface area (Å²) in [7, 11) is -4.92. The normalized spacial score (nSPS) is 22.1. The number of nitrogens with one attached hydrogen (secondary N) is 1. The molecule has 3 atom stereocenters. The first-order valence-electron chi connectivity index (χ1n) is 35.8. The Labute approximate surface area is 704 Å². The SMILES string of the molecule is CC(C)(C)OC(=O)OC(=O)OC(C)(C)C.CC1(O)CCC(N)CC1.CC1(O)CCC(N2C(=O)c3ccccc3C2=O)CC1.CC1=CCC(N)CC1.CC1=CCC(N2C(=O)c3ccccc3C2=O)CC1.CC1=CCC(NC(=O)OC(C)(C)C)CC1.CCOC(=O)N1C(=O)c2ccccc2C1=O.NN.O=S(=O)([O-])O.S.S.[K+]. The van der Waals surface area contributed by atoms with Crippen LogP contribution in [0.5, 0.6) is 0 Å². The van der Waals surface area contributed by atoms with Gasteiger partial charge in [-0.3, -0.25) is 54.8 Å². The summed E-state index contributed by atoms with van der Waals surface area (Å²) < 4.78 is 56.5. The van der Waals surface area contributed by atoms with Crippen molar-refractivity contribution in [2.45, 2.75) is 271 Å². The fraction of sp³-hybridized carbons (Fsp3) is 0.558. The van der Waals surface area contributed by atoms with Gasteiger partial charge in [0, 0.05) is 30.2 Å². The van der Waals surface area contributed by atoms with E-state index in [4.69, 9.17) is 43.2 Å². The predicted molar refractivity (Wildman–Crippen MR) is 421 cm³/mol. The number of fused-ring (bicyclic) bond motifs is 3. The van der Waals surface area contributed by atoms with Crippen LogP contribution in [-0.2, 0) is 34.1 Å². The average molecular weight is 1630 g/mol. The zero-order valence-corrected chi connectivity index (χ0v) is 72.5. The first kappa shape index (κ1) is 104. The number of hydrazine groups is 1. The molecule has 2 fully saturated rings. The first-order chi connectivity index (χ1) is 49.6. The molecule has 2 saturated carbocycles. The summed E-state index contributed by atoms with van der Waals surface area (Å²) >= 11 is 0. The fourth-order valence-corrected chi connectivity index (χ4v) is 11.7. The minimum atomic E-state index is -4.92. The Morgan fingerprint density at radius 2 is 0.836 bits per heavy atom. The van der Waals surface area contributed by atoms with E-state index >= 15 is 0 Å². The van der Waals surface area contributed by atoms with Crippen molar-refractivity contribution >= 4 is 97.3 Å². The van der Waals surface area contributed by atoms with Crippen LogP contribution in [0.1, 0.15) is 275 Å². The van der Waals surface area contributed by atoms with Crippen molar-refractivity contribution in [1.29, 1.82) is 0 Å². The summed E-state index contributed by atoms with van der Waals surface area (Å²) in [4.78, 5) is 121. The Bertz CT molecular complexity index is 3650. The molecule has 12 N–H and O–H groups in total. The molecule has 0 spiro atoms. The molecule has 3 heterocycles. The number of carbonyl (C=O) groups excluding carboxylic acids is 10. The van der Waals surface area contributed by atoms with Crippen molar-refractivity contribution in [1.82, 2.24) is 20.0 Å². The Morgan fingerprint density at radius 1 is 0.518 bits per heavy atom. The molecule has 29 nitrogen and oxygen atoms in total. The number of aliphatic hydroxyl groups is 2. The van der Waals surface area contributed by atoms with Crippen LogP contribution < -0.4 is 79.9 Å². The molecule has 33 heteroatoms. The second kappa shape index (κ2) is 47.4. The second-order valence-corrected chi connectivity index (χ2v) is 31.4. The number of amides is 8. The van der Waals surface area contributed by atoms with E-state index in [1.165, 1.54) is 51.5 Å². The molecule has 0 bridgehead atoms. The molecule has 0 aromatic heterocycles. The number of imide groups is 5. The maximum Gasteiger partial charge on any atom is 1.00 e. The summed E-state index contributed by atoms with van der Waals surface area (Å²) in [5, 5.41) is 22.3. The summed E-state index contributed by atoms with van der Waals surface area (Å²) in [6.45, 7) is 27.5. The Balaban J connectivity index is 0.00000125. The molecule has 5 aliphatic carbocycles. The van der Waals surface area contributed by atoms with E-state index in [9.17, 15) is 58.2 Å². The van der Waals surface area contributed by atoms with Gasteiger partial charge in [0.25, 0.3) is 35.4 Å². The van der Waals surface area contributed by atoms with Crippen LogP contribution in [0, 0.1) is 0 Å². The van der Waals surface area contributed by atoms with Gasteiger partial charge in [-0.1, -0.05) is 71.3 Å². The molecule has 610 valence electrons. The van der Waals surface area contributed by atoms with E-state index < -0.39 is 68.6 Å². The van der Waals surface area contributed by atoms with Crippen LogP contribution in [0.2, 0.25) is 0 Å². The molecule has 11 rings (SSSR count). The average Bonchev–Trinajstić information content (AvgIpc) is 1.64. The Hall–Kier alpha value is -6.25. The number of hydrogen-bond acceptors (Lipinski definition) is 24. The van der Waals surface area contributed by atoms with Crippen LogP contribution in [0.4, 0.5) is 19.2 Å². The maximum atomic E-state index is 12.3. The van der Waals surface area contributed by atoms with Crippen molar-refractivity contribution in [3.8, 4) is 0 Å². The van der Waals surface area contributed by atoms with Gasteiger partial charge in [0.15, 0.2) is 0 Å². The second-order valence-electron chi connectivity index (χ2n) is 30.5. The number of ether oxygens (including phenoxy) is 5. The van der Waals surface area contributed by atoms with Gasteiger partial charge in [-0.2, -0.15) is 31.9 Å². The molecule has 0 saturated heterocycles. The van der Waals surface area contributed by atoms with E-state index in [-0.39, 0.29) is 144 Å². The number of benzene rings is 3.